The summed E-state index contributed by atoms with van der Waals surface area (Å²) in [4.78, 5) is 10.7. The maximum Gasteiger partial charge on any atom is 0.159 e. The molecule has 3 nitrogen and oxygen atoms in total. The molecule has 25 heavy (non-hydrogen) atoms. The van der Waals surface area contributed by atoms with E-state index in [9.17, 15) is 0 Å². The highest BCUT2D eigenvalue weighted by Crippen LogP contribution is 2.36. The van der Waals surface area contributed by atoms with Crippen molar-refractivity contribution < 1.29 is 0 Å². The molecule has 0 saturated carbocycles. The molecule has 1 unspecified atom stereocenters. The van der Waals surface area contributed by atoms with Gasteiger partial charge >= 0.3 is 0 Å². The van der Waals surface area contributed by atoms with E-state index in [1.54, 1.807) is 12.4 Å². The summed E-state index contributed by atoms with van der Waals surface area (Å²) in [5.74, 6) is 0. The van der Waals surface area contributed by atoms with Crippen LogP contribution in [0.4, 0.5) is 0 Å². The predicted octanol–water partition coefficient (Wildman–Crippen LogP) is 4.95. The molecule has 0 radical (unpaired) electrons. The Morgan fingerprint density at radius 2 is 1.76 bits per heavy atom. The van der Waals surface area contributed by atoms with Crippen molar-refractivity contribution in [2.24, 2.45) is 0 Å². The number of allylic oxidation sites excluding steroid dienone is 3. The minimum atomic E-state index is 0.639. The van der Waals surface area contributed by atoms with Crippen LogP contribution < -0.4 is 0 Å². The quantitative estimate of drug-likeness (QED) is 0.592. The van der Waals surface area contributed by atoms with Crippen LogP contribution >= 0.6 is 0 Å². The highest BCUT2D eigenvalue weighted by molar-refractivity contribution is 5.92. The molecule has 0 N–H and O–H groups in total. The standard InChI is InChI=1S/C14H10N2.C8H9N/c1-2-5-11(6-3-1)12-8-10-16-14-13(12)7-4-9-15-14;1-6-3-4-9-7(2)8(9)5-6/h1-10H;3-5,7H,1H2,2H3. The summed E-state index contributed by atoms with van der Waals surface area (Å²) < 4.78 is 0. The average Bonchev–Trinajstić information content (AvgIpc) is 3.31. The first-order chi connectivity index (χ1) is 12.2. The fraction of sp³-hybridized carbons (Fsp3) is 0.0909. The lowest BCUT2D eigenvalue weighted by Gasteiger charge is -2.04. The Morgan fingerprint density at radius 1 is 0.960 bits per heavy atom. The molecule has 0 amide bonds. The molecule has 2 aliphatic heterocycles. The molecule has 5 rings (SSSR count). The molecule has 0 bridgehead atoms. The van der Waals surface area contributed by atoms with Crippen LogP contribution in [0.5, 0.6) is 0 Å². The fourth-order valence-electron chi connectivity index (χ4n) is 3.01. The van der Waals surface area contributed by atoms with Crippen LogP contribution in [0, 0.1) is 0 Å². The number of rotatable bonds is 1. The molecular formula is C22H19N3. The van der Waals surface area contributed by atoms with E-state index in [0.29, 0.717) is 6.04 Å². The second kappa shape index (κ2) is 6.36. The number of benzene rings is 1. The van der Waals surface area contributed by atoms with Gasteiger partial charge in [-0.3, -0.25) is 0 Å². The lowest BCUT2D eigenvalue weighted by atomic mass is 10.0. The summed E-state index contributed by atoms with van der Waals surface area (Å²) in [6.07, 6.45) is 9.82. The van der Waals surface area contributed by atoms with Crippen LogP contribution in [0.15, 0.2) is 97.1 Å². The zero-order valence-corrected chi connectivity index (χ0v) is 14.1. The molecule has 3 heteroatoms. The fourth-order valence-corrected chi connectivity index (χ4v) is 3.01. The van der Waals surface area contributed by atoms with Crippen molar-refractivity contribution >= 4 is 11.0 Å². The Balaban J connectivity index is 0.000000147. The van der Waals surface area contributed by atoms with Crippen molar-refractivity contribution in [3.8, 4) is 11.1 Å². The van der Waals surface area contributed by atoms with Gasteiger partial charge in [-0.1, -0.05) is 36.9 Å². The second-order valence-electron chi connectivity index (χ2n) is 6.14. The van der Waals surface area contributed by atoms with Gasteiger partial charge in [-0.25, -0.2) is 9.97 Å². The number of fused-ring (bicyclic) bond motifs is 2. The molecule has 122 valence electrons. The molecule has 2 aliphatic rings. The van der Waals surface area contributed by atoms with Crippen molar-refractivity contribution in [3.63, 3.8) is 0 Å². The molecule has 3 aromatic rings. The Morgan fingerprint density at radius 3 is 2.52 bits per heavy atom. The second-order valence-corrected chi connectivity index (χ2v) is 6.14. The Labute approximate surface area is 147 Å². The molecule has 0 spiro atoms. The maximum atomic E-state index is 4.26. The monoisotopic (exact) mass is 325 g/mol. The minimum Gasteiger partial charge on any atom is -0.341 e. The van der Waals surface area contributed by atoms with Gasteiger partial charge in [0.25, 0.3) is 0 Å². The summed E-state index contributed by atoms with van der Waals surface area (Å²) in [7, 11) is 0. The molecule has 1 atom stereocenters. The number of pyridine rings is 2. The Kier molecular flexibility index (Phi) is 3.90. The lowest BCUT2D eigenvalue weighted by molar-refractivity contribution is 0.712. The van der Waals surface area contributed by atoms with Gasteiger partial charge < -0.3 is 4.90 Å². The zero-order chi connectivity index (χ0) is 17.2. The first kappa shape index (κ1) is 15.3. The predicted molar refractivity (Wildman–Crippen MR) is 103 cm³/mol. The summed E-state index contributed by atoms with van der Waals surface area (Å²) in [6, 6.07) is 17.0. The third-order valence-electron chi connectivity index (χ3n) is 4.46. The van der Waals surface area contributed by atoms with Gasteiger partial charge in [0.15, 0.2) is 5.65 Å². The Hall–Kier alpha value is -3.20. The van der Waals surface area contributed by atoms with E-state index in [2.05, 4.69) is 58.8 Å². The van der Waals surface area contributed by atoms with Gasteiger partial charge in [-0.15, -0.1) is 0 Å². The number of hydrogen-bond acceptors (Lipinski definition) is 3. The van der Waals surface area contributed by atoms with Crippen LogP contribution in [0.3, 0.4) is 0 Å². The smallest absolute Gasteiger partial charge is 0.159 e. The van der Waals surface area contributed by atoms with Gasteiger partial charge in [-0.2, -0.15) is 0 Å². The molecular weight excluding hydrogens is 306 g/mol. The van der Waals surface area contributed by atoms with E-state index in [0.717, 1.165) is 16.6 Å². The zero-order valence-electron chi connectivity index (χ0n) is 14.1. The van der Waals surface area contributed by atoms with Crippen molar-refractivity contribution in [1.82, 2.24) is 14.9 Å². The van der Waals surface area contributed by atoms with Crippen LogP contribution in [0.25, 0.3) is 22.2 Å². The number of aromatic nitrogens is 2. The third-order valence-corrected chi connectivity index (χ3v) is 4.46. The van der Waals surface area contributed by atoms with E-state index in [4.69, 9.17) is 0 Å². The average molecular weight is 325 g/mol. The van der Waals surface area contributed by atoms with Crippen molar-refractivity contribution in [2.75, 3.05) is 0 Å². The summed E-state index contributed by atoms with van der Waals surface area (Å²) >= 11 is 0. The minimum absolute atomic E-state index is 0.639. The molecule has 0 aliphatic carbocycles. The molecule has 4 heterocycles. The number of hydrogen-bond donors (Lipinski definition) is 0. The van der Waals surface area contributed by atoms with Crippen LogP contribution in [0.1, 0.15) is 6.92 Å². The number of nitrogens with zero attached hydrogens (tertiary/aromatic N) is 3. The SMILES string of the molecule is C=C1C=CN2C(=C1)C2C.c1ccc(-c2ccnc3ncccc23)cc1. The highest BCUT2D eigenvalue weighted by atomic mass is 15.3. The molecule has 2 aromatic heterocycles. The largest absolute Gasteiger partial charge is 0.341 e. The topological polar surface area (TPSA) is 28.8 Å². The van der Waals surface area contributed by atoms with Crippen LogP contribution in [-0.4, -0.2) is 20.9 Å². The first-order valence-electron chi connectivity index (χ1n) is 8.36. The molecule has 1 fully saturated rings. The van der Waals surface area contributed by atoms with Crippen molar-refractivity contribution in [1.29, 1.82) is 0 Å². The van der Waals surface area contributed by atoms with Gasteiger partial charge in [-0.05, 0) is 54.0 Å². The van der Waals surface area contributed by atoms with E-state index >= 15 is 0 Å². The van der Waals surface area contributed by atoms with Gasteiger partial charge in [0.2, 0.25) is 0 Å². The van der Waals surface area contributed by atoms with E-state index < -0.39 is 0 Å². The maximum absolute atomic E-state index is 4.26. The van der Waals surface area contributed by atoms with Gasteiger partial charge in [0.1, 0.15) is 0 Å². The normalized spacial score (nSPS) is 17.5. The highest BCUT2D eigenvalue weighted by Gasteiger charge is 2.35. The van der Waals surface area contributed by atoms with E-state index in [-0.39, 0.29) is 0 Å². The summed E-state index contributed by atoms with van der Waals surface area (Å²) in [5, 5.41) is 1.09. The van der Waals surface area contributed by atoms with Crippen LogP contribution in [0.2, 0.25) is 0 Å². The summed E-state index contributed by atoms with van der Waals surface area (Å²) in [6.45, 7) is 6.03. The first-order valence-corrected chi connectivity index (χ1v) is 8.36. The van der Waals surface area contributed by atoms with Crippen molar-refractivity contribution in [3.05, 3.63) is 97.1 Å². The van der Waals surface area contributed by atoms with E-state index in [1.165, 1.54) is 16.8 Å². The van der Waals surface area contributed by atoms with Gasteiger partial charge in [0.05, 0.1) is 6.04 Å². The lowest BCUT2D eigenvalue weighted by Crippen LogP contribution is -1.87. The van der Waals surface area contributed by atoms with E-state index in [1.807, 2.05) is 36.4 Å². The molecule has 1 aromatic carbocycles. The Bertz CT molecular complexity index is 981. The molecule has 1 saturated heterocycles. The van der Waals surface area contributed by atoms with Crippen LogP contribution in [-0.2, 0) is 0 Å². The van der Waals surface area contributed by atoms with Gasteiger partial charge in [0, 0.05) is 29.7 Å². The third kappa shape index (κ3) is 3.09. The van der Waals surface area contributed by atoms with Crippen molar-refractivity contribution in [2.45, 2.75) is 13.0 Å². The summed E-state index contributed by atoms with van der Waals surface area (Å²) in [5.41, 5.74) is 5.69.